The summed E-state index contributed by atoms with van der Waals surface area (Å²) in [7, 11) is 0. The van der Waals surface area contributed by atoms with Crippen LogP contribution in [0.2, 0.25) is 0 Å². The molecule has 68 valence electrons. The number of carboxylic acids is 1. The van der Waals surface area contributed by atoms with Crippen molar-refractivity contribution in [3.8, 4) is 0 Å². The molecule has 1 aromatic carbocycles. The zero-order chi connectivity index (χ0) is 9.84. The first-order chi connectivity index (χ1) is 6.09. The third-order valence-corrected chi connectivity index (χ3v) is 1.28. The maximum absolute atomic E-state index is 10.3. The molecule has 0 bridgehead atoms. The Kier molecular flexibility index (Phi) is 9.33. The molecular weight excluding hydrogens is 222 g/mol. The standard InChI is InChI=1S/C7H5N2O4.2Na/c10-7(11)5-2-1-3-6(4-5)8-9(12)13;;/h1-4H,(H,10,11);;/q-1;2*+1/p-1. The molecule has 0 aliphatic rings. The normalized spacial score (nSPS) is 8.00. The smallest absolute Gasteiger partial charge is 0.545 e. The van der Waals surface area contributed by atoms with E-state index in [1.807, 2.05) is 0 Å². The molecule has 0 radical (unpaired) electrons. The van der Waals surface area contributed by atoms with E-state index >= 15 is 0 Å². The van der Waals surface area contributed by atoms with Gasteiger partial charge < -0.3 is 15.3 Å². The summed E-state index contributed by atoms with van der Waals surface area (Å²) in [4.78, 5) is 20.2. The number of aromatic carboxylic acids is 1. The van der Waals surface area contributed by atoms with E-state index in [4.69, 9.17) is 0 Å². The van der Waals surface area contributed by atoms with E-state index in [1.165, 1.54) is 18.2 Å². The van der Waals surface area contributed by atoms with E-state index in [1.54, 1.807) is 0 Å². The first kappa shape index (κ1) is 17.3. The van der Waals surface area contributed by atoms with Gasteiger partial charge in [0.25, 0.3) is 0 Å². The minimum absolute atomic E-state index is 0. The van der Waals surface area contributed by atoms with Crippen LogP contribution in [0.5, 0.6) is 0 Å². The first-order valence-corrected chi connectivity index (χ1v) is 3.27. The summed E-state index contributed by atoms with van der Waals surface area (Å²) < 4.78 is 0. The molecule has 0 heterocycles. The molecule has 0 aliphatic heterocycles. The molecule has 15 heavy (non-hydrogen) atoms. The van der Waals surface area contributed by atoms with Crippen LogP contribution < -0.4 is 64.2 Å². The summed E-state index contributed by atoms with van der Waals surface area (Å²) >= 11 is 0. The molecular formula is C7H4N2Na2O4. The third kappa shape index (κ3) is 6.14. The second-order valence-electron chi connectivity index (χ2n) is 2.18. The molecule has 0 aliphatic carbocycles. The summed E-state index contributed by atoms with van der Waals surface area (Å²) in [5.74, 6) is -1.39. The van der Waals surface area contributed by atoms with E-state index in [0.717, 1.165) is 6.07 Å². The molecule has 0 unspecified atom stereocenters. The zero-order valence-electron chi connectivity index (χ0n) is 8.34. The molecule has 0 N–H and O–H groups in total. The van der Waals surface area contributed by atoms with Gasteiger partial charge in [-0.05, 0) is 10.6 Å². The summed E-state index contributed by atoms with van der Waals surface area (Å²) in [6.07, 6.45) is 0. The molecule has 1 aromatic rings. The van der Waals surface area contributed by atoms with Crippen LogP contribution >= 0.6 is 0 Å². The van der Waals surface area contributed by atoms with Crippen molar-refractivity contribution in [1.29, 1.82) is 0 Å². The van der Waals surface area contributed by atoms with Gasteiger partial charge in [-0.2, -0.15) is 0 Å². The van der Waals surface area contributed by atoms with Crippen LogP contribution in [-0.2, 0) is 0 Å². The minimum Gasteiger partial charge on any atom is -0.545 e. The van der Waals surface area contributed by atoms with E-state index in [9.17, 15) is 20.0 Å². The molecule has 1 rings (SSSR count). The Morgan fingerprint density at radius 3 is 2.40 bits per heavy atom. The van der Waals surface area contributed by atoms with Gasteiger partial charge in [-0.1, -0.05) is 30.0 Å². The summed E-state index contributed by atoms with van der Waals surface area (Å²) in [6.45, 7) is 0. The van der Waals surface area contributed by atoms with Gasteiger partial charge in [0.05, 0.1) is 5.97 Å². The van der Waals surface area contributed by atoms with Gasteiger partial charge in [-0.15, -0.1) is 0 Å². The maximum atomic E-state index is 10.3. The quantitative estimate of drug-likeness (QED) is 0.291. The van der Waals surface area contributed by atoms with Crippen molar-refractivity contribution >= 4 is 11.7 Å². The number of nitrogens with zero attached hydrogens (tertiary/aromatic N) is 2. The van der Waals surface area contributed by atoms with Crippen LogP contribution in [0.3, 0.4) is 0 Å². The van der Waals surface area contributed by atoms with Crippen molar-refractivity contribution in [2.24, 2.45) is 0 Å². The molecule has 0 saturated heterocycles. The van der Waals surface area contributed by atoms with Gasteiger partial charge in [0.1, 0.15) is 0 Å². The molecule has 0 aromatic heterocycles. The Hall–Kier alpha value is -0.110. The van der Waals surface area contributed by atoms with Crippen molar-refractivity contribution in [2.45, 2.75) is 0 Å². The Balaban J connectivity index is 0. The van der Waals surface area contributed by atoms with Crippen molar-refractivity contribution < 1.29 is 74.0 Å². The molecule has 0 spiro atoms. The molecule has 0 amide bonds. The van der Waals surface area contributed by atoms with E-state index in [2.05, 4.69) is 5.43 Å². The predicted molar refractivity (Wildman–Crippen MR) is 40.8 cm³/mol. The zero-order valence-corrected chi connectivity index (χ0v) is 12.3. The Labute approximate surface area is 130 Å². The number of nitro groups is 1. The van der Waals surface area contributed by atoms with E-state index in [0.29, 0.717) is 0 Å². The number of hydrogen-bond donors (Lipinski definition) is 0. The molecule has 6 nitrogen and oxygen atoms in total. The number of carbonyl (C=O) groups is 1. The number of hydrogen-bond acceptors (Lipinski definition) is 4. The molecule has 0 saturated carbocycles. The Morgan fingerprint density at radius 1 is 1.33 bits per heavy atom. The molecule has 0 fully saturated rings. The van der Waals surface area contributed by atoms with Gasteiger partial charge in [0.2, 0.25) is 0 Å². The number of carbonyl (C=O) groups excluding carboxylic acids is 1. The van der Waals surface area contributed by atoms with E-state index < -0.39 is 11.0 Å². The monoisotopic (exact) mass is 226 g/mol. The minimum atomic E-state index is -1.39. The SMILES string of the molecule is O=C([O-])c1cccc([N-][N+](=O)[O-])c1.[Na+].[Na+]. The summed E-state index contributed by atoms with van der Waals surface area (Å²) in [6, 6.07) is 5.02. The van der Waals surface area contributed by atoms with Crippen LogP contribution in [0.1, 0.15) is 10.4 Å². The van der Waals surface area contributed by atoms with Crippen LogP contribution in [-0.4, -0.2) is 11.0 Å². The largest absolute Gasteiger partial charge is 1.00 e. The Morgan fingerprint density at radius 2 is 1.93 bits per heavy atom. The summed E-state index contributed by atoms with van der Waals surface area (Å²) in [5, 5.41) is 19.3. The van der Waals surface area contributed by atoms with Gasteiger partial charge in [0, 0.05) is 0 Å². The average molecular weight is 226 g/mol. The van der Waals surface area contributed by atoms with Gasteiger partial charge >= 0.3 is 59.1 Å². The number of carboxylic acid groups (broad SMARTS) is 1. The average Bonchev–Trinajstić information content (AvgIpc) is 2.03. The molecule has 8 heteroatoms. The Bertz CT molecular complexity index is 359. The topological polar surface area (TPSA) is 97.4 Å². The van der Waals surface area contributed by atoms with Crippen LogP contribution in [0.15, 0.2) is 24.3 Å². The second-order valence-corrected chi connectivity index (χ2v) is 2.18. The second kappa shape index (κ2) is 8.09. The van der Waals surface area contributed by atoms with Crippen LogP contribution in [0.25, 0.3) is 5.43 Å². The number of rotatable bonds is 3. The van der Waals surface area contributed by atoms with Crippen LogP contribution in [0.4, 0.5) is 5.69 Å². The summed E-state index contributed by atoms with van der Waals surface area (Å²) in [5.41, 5.74) is 2.78. The van der Waals surface area contributed by atoms with Crippen molar-refractivity contribution in [3.63, 3.8) is 0 Å². The van der Waals surface area contributed by atoms with Crippen LogP contribution in [0, 0.1) is 10.1 Å². The fraction of sp³-hybridized carbons (Fsp3) is 0. The fourth-order valence-corrected chi connectivity index (χ4v) is 0.789. The van der Waals surface area contributed by atoms with Gasteiger partial charge in [0.15, 0.2) is 0 Å². The van der Waals surface area contributed by atoms with Gasteiger partial charge in [-0.3, -0.25) is 10.1 Å². The van der Waals surface area contributed by atoms with Crippen molar-refractivity contribution in [2.75, 3.05) is 0 Å². The third-order valence-electron chi connectivity index (χ3n) is 1.28. The predicted octanol–water partition coefficient (Wildman–Crippen LogP) is -5.74. The fourth-order valence-electron chi connectivity index (χ4n) is 0.789. The van der Waals surface area contributed by atoms with Crippen molar-refractivity contribution in [1.82, 2.24) is 0 Å². The van der Waals surface area contributed by atoms with Crippen molar-refractivity contribution in [3.05, 3.63) is 45.4 Å². The van der Waals surface area contributed by atoms with E-state index in [-0.39, 0.29) is 70.4 Å². The maximum Gasteiger partial charge on any atom is 1.00 e. The number of benzene rings is 1. The first-order valence-electron chi connectivity index (χ1n) is 3.27. The molecule has 0 atom stereocenters. The van der Waals surface area contributed by atoms with Gasteiger partial charge in [-0.25, -0.2) is 0 Å².